The number of rotatable bonds is 2. The van der Waals surface area contributed by atoms with Gasteiger partial charge in [-0.05, 0) is 26.0 Å². The number of nitrogens with two attached hydrogens (primary N) is 1. The van der Waals surface area contributed by atoms with Crippen molar-refractivity contribution in [2.75, 3.05) is 7.11 Å². The van der Waals surface area contributed by atoms with Crippen molar-refractivity contribution < 1.29 is 9.53 Å². The summed E-state index contributed by atoms with van der Waals surface area (Å²) >= 11 is 1.51. The van der Waals surface area contributed by atoms with E-state index < -0.39 is 11.5 Å². The van der Waals surface area contributed by atoms with Crippen LogP contribution in [0.5, 0.6) is 0 Å². The Bertz CT molecular complexity index is 317. The fourth-order valence-electron chi connectivity index (χ4n) is 1.03. The summed E-state index contributed by atoms with van der Waals surface area (Å²) < 4.78 is 4.62. The molecule has 1 aromatic heterocycles. The van der Waals surface area contributed by atoms with Crippen LogP contribution in [0.1, 0.15) is 16.7 Å². The Balaban J connectivity index is 2.99. The normalized spacial score (nSPS) is 15.1. The summed E-state index contributed by atoms with van der Waals surface area (Å²) in [5, 5.41) is 0. The van der Waals surface area contributed by atoms with E-state index >= 15 is 0 Å². The highest BCUT2D eigenvalue weighted by atomic mass is 32.1. The molecule has 0 unspecified atom stereocenters. The first-order valence-corrected chi connectivity index (χ1v) is 4.74. The lowest BCUT2D eigenvalue weighted by molar-refractivity contribution is -0.146. The summed E-state index contributed by atoms with van der Waals surface area (Å²) in [5.41, 5.74) is 4.82. The van der Waals surface area contributed by atoms with Crippen molar-refractivity contribution in [3.05, 3.63) is 21.9 Å². The number of carbonyl (C=O) groups is 1. The van der Waals surface area contributed by atoms with Gasteiger partial charge in [0.2, 0.25) is 0 Å². The van der Waals surface area contributed by atoms with Crippen LogP contribution in [-0.2, 0) is 15.1 Å². The zero-order chi connectivity index (χ0) is 10.1. The molecule has 0 amide bonds. The Morgan fingerprint density at radius 1 is 1.62 bits per heavy atom. The van der Waals surface area contributed by atoms with E-state index in [4.69, 9.17) is 5.73 Å². The third-order valence-electron chi connectivity index (χ3n) is 1.86. The van der Waals surface area contributed by atoms with Gasteiger partial charge >= 0.3 is 5.97 Å². The molecule has 3 nitrogen and oxygen atoms in total. The maximum atomic E-state index is 11.3. The second-order valence-corrected chi connectivity index (χ2v) is 4.39. The Hall–Kier alpha value is -0.870. The predicted octanol–water partition coefficient (Wildman–Crippen LogP) is 1.40. The molecule has 0 bridgehead atoms. The molecule has 4 heteroatoms. The number of thiophene rings is 1. The molecule has 0 saturated carbocycles. The molecule has 0 saturated heterocycles. The molecule has 0 spiro atoms. The van der Waals surface area contributed by atoms with Crippen molar-refractivity contribution in [1.82, 2.24) is 0 Å². The van der Waals surface area contributed by atoms with Gasteiger partial charge in [-0.15, -0.1) is 11.3 Å². The van der Waals surface area contributed by atoms with Gasteiger partial charge in [0.05, 0.1) is 7.11 Å². The van der Waals surface area contributed by atoms with E-state index in [9.17, 15) is 4.79 Å². The summed E-state index contributed by atoms with van der Waals surface area (Å²) in [4.78, 5) is 13.3. The Kier molecular flexibility index (Phi) is 2.73. The van der Waals surface area contributed by atoms with Crippen molar-refractivity contribution in [1.29, 1.82) is 0 Å². The molecule has 0 radical (unpaired) electrons. The number of hydrogen-bond donors (Lipinski definition) is 1. The largest absolute Gasteiger partial charge is 0.467 e. The molecule has 0 aliphatic carbocycles. The van der Waals surface area contributed by atoms with Crippen molar-refractivity contribution >= 4 is 17.3 Å². The molecule has 1 atom stereocenters. The lowest BCUT2D eigenvalue weighted by atomic mass is 10.0. The summed E-state index contributed by atoms with van der Waals surface area (Å²) in [7, 11) is 1.34. The molecule has 1 heterocycles. The Labute approximate surface area is 81.5 Å². The SMILES string of the molecule is COC(=O)[C@](C)(N)c1ccc(C)s1. The second-order valence-electron chi connectivity index (χ2n) is 3.10. The minimum atomic E-state index is -1.02. The van der Waals surface area contributed by atoms with Crippen LogP contribution in [0.25, 0.3) is 0 Å². The van der Waals surface area contributed by atoms with E-state index in [1.165, 1.54) is 18.4 Å². The number of esters is 1. The zero-order valence-electron chi connectivity index (χ0n) is 7.96. The number of hydrogen-bond acceptors (Lipinski definition) is 4. The zero-order valence-corrected chi connectivity index (χ0v) is 8.77. The third-order valence-corrected chi connectivity index (χ3v) is 3.10. The summed E-state index contributed by atoms with van der Waals surface area (Å²) in [5.74, 6) is -0.408. The average Bonchev–Trinajstić information content (AvgIpc) is 2.50. The van der Waals surface area contributed by atoms with Crippen LogP contribution in [0, 0.1) is 6.92 Å². The summed E-state index contributed by atoms with van der Waals surface area (Å²) in [6, 6.07) is 3.80. The van der Waals surface area contributed by atoms with E-state index in [1.807, 2.05) is 19.1 Å². The Morgan fingerprint density at radius 2 is 2.23 bits per heavy atom. The second kappa shape index (κ2) is 3.47. The maximum Gasteiger partial charge on any atom is 0.331 e. The molecule has 0 aliphatic heterocycles. The lowest BCUT2D eigenvalue weighted by Crippen LogP contribution is -2.41. The van der Waals surface area contributed by atoms with Gasteiger partial charge in [-0.2, -0.15) is 0 Å². The minimum absolute atomic E-state index is 0.408. The summed E-state index contributed by atoms with van der Waals surface area (Å²) in [6.45, 7) is 3.63. The van der Waals surface area contributed by atoms with Gasteiger partial charge in [0.1, 0.15) is 5.54 Å². The van der Waals surface area contributed by atoms with E-state index in [1.54, 1.807) is 6.92 Å². The van der Waals surface area contributed by atoms with Gasteiger partial charge in [0.25, 0.3) is 0 Å². The fraction of sp³-hybridized carbons (Fsp3) is 0.444. The van der Waals surface area contributed by atoms with Gasteiger partial charge < -0.3 is 10.5 Å². The molecule has 72 valence electrons. The molecule has 1 rings (SSSR count). The number of ether oxygens (including phenoxy) is 1. The van der Waals surface area contributed by atoms with Crippen LogP contribution in [0.3, 0.4) is 0 Å². The van der Waals surface area contributed by atoms with Crippen LogP contribution in [0.2, 0.25) is 0 Å². The van der Waals surface area contributed by atoms with Crippen LogP contribution in [0.15, 0.2) is 12.1 Å². The summed E-state index contributed by atoms with van der Waals surface area (Å²) in [6.07, 6.45) is 0. The monoisotopic (exact) mass is 199 g/mol. The standard InChI is InChI=1S/C9H13NO2S/c1-6-4-5-7(13-6)9(2,10)8(11)12-3/h4-5H,10H2,1-3H3/t9-/m1/s1. The number of carbonyl (C=O) groups excluding carboxylic acids is 1. The smallest absolute Gasteiger partial charge is 0.331 e. The van der Waals surface area contributed by atoms with Crippen LogP contribution < -0.4 is 5.73 Å². The highest BCUT2D eigenvalue weighted by Crippen LogP contribution is 2.26. The average molecular weight is 199 g/mol. The molecule has 0 aromatic carbocycles. The molecular weight excluding hydrogens is 186 g/mol. The van der Waals surface area contributed by atoms with Crippen molar-refractivity contribution in [3.8, 4) is 0 Å². The van der Waals surface area contributed by atoms with Crippen LogP contribution in [0.4, 0.5) is 0 Å². The number of aryl methyl sites for hydroxylation is 1. The minimum Gasteiger partial charge on any atom is -0.467 e. The molecule has 0 fully saturated rings. The molecular formula is C9H13NO2S. The van der Waals surface area contributed by atoms with Crippen LogP contribution >= 0.6 is 11.3 Å². The topological polar surface area (TPSA) is 52.3 Å². The molecule has 1 aromatic rings. The fourth-order valence-corrected chi connectivity index (χ4v) is 1.94. The Morgan fingerprint density at radius 3 is 2.62 bits per heavy atom. The maximum absolute atomic E-state index is 11.3. The van der Waals surface area contributed by atoms with E-state index in [0.29, 0.717) is 0 Å². The number of methoxy groups -OCH3 is 1. The predicted molar refractivity (Wildman–Crippen MR) is 52.6 cm³/mol. The van der Waals surface area contributed by atoms with Crippen LogP contribution in [-0.4, -0.2) is 13.1 Å². The van der Waals surface area contributed by atoms with Crippen molar-refractivity contribution in [2.24, 2.45) is 5.73 Å². The highest BCUT2D eigenvalue weighted by Gasteiger charge is 2.32. The van der Waals surface area contributed by atoms with Gasteiger partial charge in [-0.25, -0.2) is 4.79 Å². The molecule has 13 heavy (non-hydrogen) atoms. The molecule has 2 N–H and O–H groups in total. The van der Waals surface area contributed by atoms with Gasteiger partial charge in [0, 0.05) is 9.75 Å². The third kappa shape index (κ3) is 1.89. The first-order chi connectivity index (χ1) is 5.98. The van der Waals surface area contributed by atoms with Gasteiger partial charge in [-0.1, -0.05) is 0 Å². The van der Waals surface area contributed by atoms with Crippen molar-refractivity contribution in [3.63, 3.8) is 0 Å². The quantitative estimate of drug-likeness (QED) is 0.732. The highest BCUT2D eigenvalue weighted by molar-refractivity contribution is 7.12. The molecule has 0 aliphatic rings. The van der Waals surface area contributed by atoms with E-state index in [-0.39, 0.29) is 0 Å². The first-order valence-electron chi connectivity index (χ1n) is 3.92. The van der Waals surface area contributed by atoms with Crippen molar-refractivity contribution in [2.45, 2.75) is 19.4 Å². The first kappa shape index (κ1) is 10.2. The van der Waals surface area contributed by atoms with Gasteiger partial charge in [-0.3, -0.25) is 0 Å². The van der Waals surface area contributed by atoms with E-state index in [0.717, 1.165) is 9.75 Å². The van der Waals surface area contributed by atoms with E-state index in [2.05, 4.69) is 4.74 Å². The van der Waals surface area contributed by atoms with Gasteiger partial charge in [0.15, 0.2) is 0 Å². The lowest BCUT2D eigenvalue weighted by Gasteiger charge is -2.19.